The minimum absolute atomic E-state index is 0.0686. The quantitative estimate of drug-likeness (QED) is 0.688. The van der Waals surface area contributed by atoms with Crippen LogP contribution in [0.15, 0.2) is 52.3 Å². The minimum atomic E-state index is -3.93. The normalized spacial score (nSPS) is 11.4. The number of nitrogens with zero attached hydrogens (tertiary/aromatic N) is 2. The van der Waals surface area contributed by atoms with E-state index in [1.54, 1.807) is 12.1 Å². The molecule has 2 aromatic heterocycles. The van der Waals surface area contributed by atoms with E-state index >= 15 is 0 Å². The van der Waals surface area contributed by atoms with Crippen molar-refractivity contribution >= 4 is 32.5 Å². The number of carbonyl (C=O) groups is 1. The summed E-state index contributed by atoms with van der Waals surface area (Å²) in [5, 5.41) is 6.34. The Kier molecular flexibility index (Phi) is 3.86. The van der Waals surface area contributed by atoms with E-state index in [-0.39, 0.29) is 21.8 Å². The molecule has 0 aliphatic rings. The summed E-state index contributed by atoms with van der Waals surface area (Å²) in [6, 6.07) is 8.75. The van der Waals surface area contributed by atoms with E-state index in [4.69, 9.17) is 0 Å². The van der Waals surface area contributed by atoms with Crippen LogP contribution in [-0.2, 0) is 10.0 Å². The molecule has 0 fully saturated rings. The van der Waals surface area contributed by atoms with E-state index in [1.165, 1.54) is 37.4 Å². The highest BCUT2D eigenvalue weighted by atomic mass is 32.2. The molecule has 0 saturated heterocycles. The summed E-state index contributed by atoms with van der Waals surface area (Å²) in [5.41, 5.74) is -0.553. The number of sulfonamides is 1. The standard InChI is InChI=1S/C15H12N4O4S/c1-9(20)14-15(21)11-8-10(5-6-12(11)17-18-14)24(22,23)19-13-4-2-3-7-16-13/h2-8H,1H3,(H,16,19)(H,17,21). The molecule has 2 heterocycles. The lowest BCUT2D eigenvalue weighted by Crippen LogP contribution is -2.18. The van der Waals surface area contributed by atoms with Gasteiger partial charge in [0, 0.05) is 13.1 Å². The van der Waals surface area contributed by atoms with Crippen LogP contribution in [-0.4, -0.2) is 29.4 Å². The predicted molar refractivity (Wildman–Crippen MR) is 87.4 cm³/mol. The molecule has 24 heavy (non-hydrogen) atoms. The Morgan fingerprint density at radius 2 is 2.00 bits per heavy atom. The molecule has 0 radical (unpaired) electrons. The molecular weight excluding hydrogens is 332 g/mol. The van der Waals surface area contributed by atoms with E-state index < -0.39 is 21.2 Å². The molecule has 8 nitrogen and oxygen atoms in total. The van der Waals surface area contributed by atoms with E-state index in [2.05, 4.69) is 19.9 Å². The van der Waals surface area contributed by atoms with Crippen LogP contribution in [0.4, 0.5) is 5.82 Å². The second-order valence-corrected chi connectivity index (χ2v) is 6.67. The number of benzene rings is 1. The molecule has 0 atom stereocenters. The Hall–Kier alpha value is -3.07. The summed E-state index contributed by atoms with van der Waals surface area (Å²) in [4.78, 5) is 27.5. The molecule has 0 unspecified atom stereocenters. The third-order valence-electron chi connectivity index (χ3n) is 3.29. The highest BCUT2D eigenvalue weighted by molar-refractivity contribution is 7.92. The predicted octanol–water partition coefficient (Wildman–Crippen LogP) is 1.32. The maximum Gasteiger partial charge on any atom is 0.263 e. The van der Waals surface area contributed by atoms with Crippen LogP contribution in [0.25, 0.3) is 10.9 Å². The zero-order valence-corrected chi connectivity index (χ0v) is 13.3. The Morgan fingerprint density at radius 1 is 1.21 bits per heavy atom. The van der Waals surface area contributed by atoms with E-state index in [9.17, 15) is 18.0 Å². The Morgan fingerprint density at radius 3 is 2.67 bits per heavy atom. The minimum Gasteiger partial charge on any atom is -0.293 e. The first-order valence-electron chi connectivity index (χ1n) is 6.86. The largest absolute Gasteiger partial charge is 0.293 e. The third kappa shape index (κ3) is 2.88. The molecule has 0 spiro atoms. The summed E-state index contributed by atoms with van der Waals surface area (Å²) >= 11 is 0. The number of ketones is 1. The van der Waals surface area contributed by atoms with E-state index in [1.807, 2.05) is 0 Å². The van der Waals surface area contributed by atoms with Gasteiger partial charge < -0.3 is 0 Å². The average Bonchev–Trinajstić information content (AvgIpc) is 2.55. The van der Waals surface area contributed by atoms with Gasteiger partial charge in [0.05, 0.1) is 15.8 Å². The number of rotatable bonds is 4. The fourth-order valence-corrected chi connectivity index (χ4v) is 3.16. The third-order valence-corrected chi connectivity index (χ3v) is 4.64. The lowest BCUT2D eigenvalue weighted by Gasteiger charge is -2.08. The van der Waals surface area contributed by atoms with Crippen LogP contribution in [0.3, 0.4) is 0 Å². The summed E-state index contributed by atoms with van der Waals surface area (Å²) in [5.74, 6) is -0.344. The van der Waals surface area contributed by atoms with Crippen LogP contribution in [0.1, 0.15) is 17.4 Å². The van der Waals surface area contributed by atoms with Gasteiger partial charge in [-0.05, 0) is 30.3 Å². The van der Waals surface area contributed by atoms with Gasteiger partial charge in [-0.25, -0.2) is 13.4 Å². The van der Waals surface area contributed by atoms with Crippen molar-refractivity contribution in [1.29, 1.82) is 0 Å². The van der Waals surface area contributed by atoms with E-state index in [0.29, 0.717) is 5.52 Å². The van der Waals surface area contributed by atoms with Crippen LogP contribution in [0.5, 0.6) is 0 Å². The molecule has 9 heteroatoms. The van der Waals surface area contributed by atoms with Gasteiger partial charge in [-0.1, -0.05) is 6.07 Å². The first-order chi connectivity index (χ1) is 11.4. The highest BCUT2D eigenvalue weighted by Gasteiger charge is 2.18. The maximum absolute atomic E-state index is 12.4. The average molecular weight is 344 g/mol. The zero-order valence-electron chi connectivity index (χ0n) is 12.5. The lowest BCUT2D eigenvalue weighted by atomic mass is 10.2. The van der Waals surface area contributed by atoms with Gasteiger partial charge in [-0.2, -0.15) is 5.10 Å². The summed E-state index contributed by atoms with van der Waals surface area (Å²) in [7, 11) is -3.93. The van der Waals surface area contributed by atoms with Crippen LogP contribution in [0.2, 0.25) is 0 Å². The molecule has 0 aliphatic heterocycles. The number of aromatic amines is 1. The smallest absolute Gasteiger partial charge is 0.263 e. The van der Waals surface area contributed by atoms with Gasteiger partial charge in [0.2, 0.25) is 5.43 Å². The van der Waals surface area contributed by atoms with Gasteiger partial charge in [0.1, 0.15) is 5.82 Å². The lowest BCUT2D eigenvalue weighted by molar-refractivity contribution is 0.101. The number of H-pyrrole nitrogens is 1. The summed E-state index contributed by atoms with van der Waals surface area (Å²) in [6.07, 6.45) is 1.45. The topological polar surface area (TPSA) is 122 Å². The number of fused-ring (bicyclic) bond motifs is 1. The van der Waals surface area contributed by atoms with Crippen molar-refractivity contribution in [1.82, 2.24) is 15.2 Å². The van der Waals surface area contributed by atoms with Crippen LogP contribution in [0, 0.1) is 0 Å². The van der Waals surface area contributed by atoms with Crippen molar-refractivity contribution < 1.29 is 13.2 Å². The second-order valence-electron chi connectivity index (χ2n) is 4.99. The van der Waals surface area contributed by atoms with E-state index in [0.717, 1.165) is 0 Å². The summed E-state index contributed by atoms with van der Waals surface area (Å²) in [6.45, 7) is 1.21. The van der Waals surface area contributed by atoms with Crippen molar-refractivity contribution in [3.05, 3.63) is 58.5 Å². The molecule has 122 valence electrons. The van der Waals surface area contributed by atoms with Crippen molar-refractivity contribution in [2.45, 2.75) is 11.8 Å². The van der Waals surface area contributed by atoms with Crippen molar-refractivity contribution in [3.63, 3.8) is 0 Å². The first-order valence-corrected chi connectivity index (χ1v) is 8.34. The Balaban J connectivity index is 2.11. The Bertz CT molecular complexity index is 1090. The van der Waals surface area contributed by atoms with Gasteiger partial charge >= 0.3 is 0 Å². The monoisotopic (exact) mass is 344 g/mol. The maximum atomic E-state index is 12.4. The fraction of sp³-hybridized carbons (Fsp3) is 0.0667. The number of hydrogen-bond donors (Lipinski definition) is 2. The number of anilines is 1. The number of pyridine rings is 1. The van der Waals surface area contributed by atoms with Crippen LogP contribution >= 0.6 is 0 Å². The molecule has 0 saturated carbocycles. The Labute approximate surface area is 136 Å². The van der Waals surface area contributed by atoms with Gasteiger partial charge in [0.15, 0.2) is 11.5 Å². The molecule has 1 aromatic carbocycles. The molecular formula is C15H12N4O4S. The molecule has 2 N–H and O–H groups in total. The van der Waals surface area contributed by atoms with Gasteiger partial charge in [0.25, 0.3) is 10.0 Å². The molecule has 0 aliphatic carbocycles. The molecule has 0 bridgehead atoms. The van der Waals surface area contributed by atoms with Crippen molar-refractivity contribution in [2.24, 2.45) is 0 Å². The fourth-order valence-electron chi connectivity index (χ4n) is 2.13. The zero-order chi connectivity index (χ0) is 17.3. The summed E-state index contributed by atoms with van der Waals surface area (Å²) < 4.78 is 27.2. The number of hydrogen-bond acceptors (Lipinski definition) is 6. The van der Waals surface area contributed by atoms with Gasteiger partial charge in [-0.3, -0.25) is 19.4 Å². The first kappa shape index (κ1) is 15.8. The number of nitrogens with one attached hydrogen (secondary N) is 2. The SMILES string of the molecule is CC(=O)c1n[nH]c2ccc(S(=O)(=O)Nc3ccccn3)cc2c1=O. The number of carbonyl (C=O) groups excluding carboxylic acids is 1. The molecule has 3 rings (SSSR count). The molecule has 3 aromatic rings. The molecule has 0 amide bonds. The van der Waals surface area contributed by atoms with Crippen molar-refractivity contribution in [2.75, 3.05) is 4.72 Å². The van der Waals surface area contributed by atoms with Crippen LogP contribution < -0.4 is 10.2 Å². The number of Topliss-reactive ketones (excluding diaryl/α,β-unsaturated/α-hetero) is 1. The highest BCUT2D eigenvalue weighted by Crippen LogP contribution is 2.17. The second kappa shape index (κ2) is 5.85. The number of aromatic nitrogens is 3. The van der Waals surface area contributed by atoms with Crippen molar-refractivity contribution in [3.8, 4) is 0 Å². The van der Waals surface area contributed by atoms with Gasteiger partial charge in [-0.15, -0.1) is 0 Å².